The summed E-state index contributed by atoms with van der Waals surface area (Å²) in [6.07, 6.45) is 0.112. The number of benzene rings is 1. The van der Waals surface area contributed by atoms with Gasteiger partial charge >= 0.3 is 5.97 Å². The van der Waals surface area contributed by atoms with Gasteiger partial charge in [0.25, 0.3) is 0 Å². The molecule has 1 atom stereocenters. The summed E-state index contributed by atoms with van der Waals surface area (Å²) in [5, 5.41) is 4.27. The van der Waals surface area contributed by atoms with E-state index in [1.807, 2.05) is 39.1 Å². The second-order valence-electron chi connectivity index (χ2n) is 6.52. The fourth-order valence-corrected chi connectivity index (χ4v) is 3.13. The number of ether oxygens (including phenoxy) is 2. The van der Waals surface area contributed by atoms with Crippen molar-refractivity contribution in [2.24, 2.45) is 7.05 Å². The van der Waals surface area contributed by atoms with E-state index in [2.05, 4.69) is 22.1 Å². The van der Waals surface area contributed by atoms with E-state index in [9.17, 15) is 4.79 Å². The highest BCUT2D eigenvalue weighted by atomic mass is 16.5. The molecule has 0 unspecified atom stereocenters. The summed E-state index contributed by atoms with van der Waals surface area (Å²) in [5.74, 6) is 0.287. The van der Waals surface area contributed by atoms with Crippen molar-refractivity contribution in [3.63, 3.8) is 0 Å². The molecule has 0 N–H and O–H groups in total. The third-order valence-corrected chi connectivity index (χ3v) is 4.52. The maximum atomic E-state index is 12.3. The molecule has 1 aliphatic heterocycles. The minimum Gasteiger partial charge on any atom is -0.422 e. The first-order chi connectivity index (χ1) is 12.0. The van der Waals surface area contributed by atoms with Gasteiger partial charge in [-0.05, 0) is 19.4 Å². The van der Waals surface area contributed by atoms with E-state index in [1.165, 1.54) is 5.56 Å². The largest absolute Gasteiger partial charge is 0.422 e. The quantitative estimate of drug-likeness (QED) is 0.779. The number of rotatable bonds is 5. The van der Waals surface area contributed by atoms with Crippen molar-refractivity contribution < 1.29 is 14.3 Å². The average molecular weight is 343 g/mol. The van der Waals surface area contributed by atoms with E-state index >= 15 is 0 Å². The van der Waals surface area contributed by atoms with Crippen LogP contribution in [0.25, 0.3) is 0 Å². The summed E-state index contributed by atoms with van der Waals surface area (Å²) in [5.41, 5.74) is 2.84. The molecule has 6 nitrogen and oxygen atoms in total. The van der Waals surface area contributed by atoms with Crippen LogP contribution in [-0.4, -0.2) is 46.5 Å². The van der Waals surface area contributed by atoms with Crippen LogP contribution in [0.15, 0.2) is 30.3 Å². The van der Waals surface area contributed by atoms with Crippen LogP contribution in [0.4, 0.5) is 0 Å². The Morgan fingerprint density at radius 1 is 1.32 bits per heavy atom. The number of aromatic nitrogens is 2. The first kappa shape index (κ1) is 17.6. The first-order valence-electron chi connectivity index (χ1n) is 8.61. The molecule has 1 aliphatic rings. The van der Waals surface area contributed by atoms with Crippen LogP contribution in [0.2, 0.25) is 0 Å². The van der Waals surface area contributed by atoms with E-state index in [1.54, 1.807) is 4.68 Å². The number of morpholine rings is 1. The Kier molecular flexibility index (Phi) is 5.50. The van der Waals surface area contributed by atoms with Crippen molar-refractivity contribution >= 4 is 5.97 Å². The zero-order chi connectivity index (χ0) is 17.8. The van der Waals surface area contributed by atoms with Crippen LogP contribution in [0, 0.1) is 13.8 Å². The molecule has 1 fully saturated rings. The Balaban J connectivity index is 1.54. The smallest absolute Gasteiger partial charge is 0.314 e. The van der Waals surface area contributed by atoms with Crippen LogP contribution in [-0.2, 0) is 23.1 Å². The second-order valence-corrected chi connectivity index (χ2v) is 6.52. The van der Waals surface area contributed by atoms with Gasteiger partial charge in [-0.3, -0.25) is 14.4 Å². The fraction of sp³-hybridized carbons (Fsp3) is 0.474. The van der Waals surface area contributed by atoms with Gasteiger partial charge in [0.15, 0.2) is 5.75 Å². The highest BCUT2D eigenvalue weighted by Gasteiger charge is 2.25. The van der Waals surface area contributed by atoms with Gasteiger partial charge in [0.1, 0.15) is 5.69 Å². The summed E-state index contributed by atoms with van der Waals surface area (Å²) < 4.78 is 13.0. The molecular weight excluding hydrogens is 318 g/mol. The average Bonchev–Trinajstić information content (AvgIpc) is 2.82. The van der Waals surface area contributed by atoms with E-state index in [-0.39, 0.29) is 18.5 Å². The molecule has 0 bridgehead atoms. The molecule has 1 aromatic carbocycles. The minimum absolute atomic E-state index is 0.137. The number of aryl methyl sites for hydroxylation is 2. The monoisotopic (exact) mass is 343 g/mol. The Morgan fingerprint density at radius 3 is 2.76 bits per heavy atom. The molecule has 0 aliphatic carbocycles. The van der Waals surface area contributed by atoms with Gasteiger partial charge in [0.2, 0.25) is 0 Å². The van der Waals surface area contributed by atoms with E-state index < -0.39 is 0 Å². The molecule has 1 aromatic heterocycles. The molecular formula is C19H25N3O3. The van der Waals surface area contributed by atoms with Crippen LogP contribution in [0.1, 0.15) is 23.4 Å². The van der Waals surface area contributed by atoms with Crippen molar-refractivity contribution in [3.8, 4) is 5.75 Å². The molecule has 0 saturated carbocycles. The summed E-state index contributed by atoms with van der Waals surface area (Å²) >= 11 is 0. The SMILES string of the molecule is Cc1nn(C)c(C)c1OC(=O)C[C@H]1CN(Cc2ccccc2)CCO1. The molecule has 3 rings (SSSR count). The van der Waals surface area contributed by atoms with Gasteiger partial charge in [0.05, 0.1) is 24.8 Å². The molecule has 2 heterocycles. The zero-order valence-electron chi connectivity index (χ0n) is 15.1. The van der Waals surface area contributed by atoms with Crippen molar-refractivity contribution in [2.75, 3.05) is 19.7 Å². The predicted octanol–water partition coefficient (Wildman–Crippen LogP) is 2.23. The topological polar surface area (TPSA) is 56.6 Å². The van der Waals surface area contributed by atoms with Crippen molar-refractivity contribution in [2.45, 2.75) is 32.9 Å². The lowest BCUT2D eigenvalue weighted by atomic mass is 10.1. The molecule has 0 spiro atoms. The second kappa shape index (κ2) is 7.80. The first-order valence-corrected chi connectivity index (χ1v) is 8.61. The van der Waals surface area contributed by atoms with Crippen molar-refractivity contribution in [1.29, 1.82) is 0 Å². The van der Waals surface area contributed by atoms with Gasteiger partial charge in [-0.2, -0.15) is 5.10 Å². The molecule has 6 heteroatoms. The van der Waals surface area contributed by atoms with E-state index in [0.29, 0.717) is 12.4 Å². The maximum absolute atomic E-state index is 12.3. The number of carbonyl (C=O) groups is 1. The van der Waals surface area contributed by atoms with Gasteiger partial charge < -0.3 is 9.47 Å². The number of carbonyl (C=O) groups excluding carboxylic acids is 1. The van der Waals surface area contributed by atoms with Crippen LogP contribution >= 0.6 is 0 Å². The Labute approximate surface area is 148 Å². The molecule has 134 valence electrons. The Morgan fingerprint density at radius 2 is 2.08 bits per heavy atom. The molecule has 1 saturated heterocycles. The number of esters is 1. The summed E-state index contributed by atoms with van der Waals surface area (Å²) in [4.78, 5) is 14.6. The van der Waals surface area contributed by atoms with E-state index in [4.69, 9.17) is 9.47 Å². The van der Waals surface area contributed by atoms with Crippen LogP contribution in [0.3, 0.4) is 0 Å². The zero-order valence-corrected chi connectivity index (χ0v) is 15.1. The molecule has 2 aromatic rings. The Hall–Kier alpha value is -2.18. The number of nitrogens with zero attached hydrogens (tertiary/aromatic N) is 3. The molecule has 0 amide bonds. The number of hydrogen-bond donors (Lipinski definition) is 0. The lowest BCUT2D eigenvalue weighted by Crippen LogP contribution is -2.43. The lowest BCUT2D eigenvalue weighted by molar-refractivity contribution is -0.139. The fourth-order valence-electron chi connectivity index (χ4n) is 3.13. The minimum atomic E-state index is -0.272. The predicted molar refractivity (Wildman–Crippen MR) is 94.4 cm³/mol. The van der Waals surface area contributed by atoms with Crippen molar-refractivity contribution in [1.82, 2.24) is 14.7 Å². The van der Waals surface area contributed by atoms with Gasteiger partial charge in [0, 0.05) is 26.7 Å². The number of hydrogen-bond acceptors (Lipinski definition) is 5. The van der Waals surface area contributed by atoms with Crippen LogP contribution in [0.5, 0.6) is 5.75 Å². The van der Waals surface area contributed by atoms with Gasteiger partial charge in [-0.15, -0.1) is 0 Å². The molecule has 25 heavy (non-hydrogen) atoms. The summed E-state index contributed by atoms with van der Waals surface area (Å²) in [6, 6.07) is 10.3. The maximum Gasteiger partial charge on any atom is 0.314 e. The summed E-state index contributed by atoms with van der Waals surface area (Å²) in [6.45, 7) is 6.85. The third kappa shape index (κ3) is 4.46. The normalized spacial score (nSPS) is 18.3. The van der Waals surface area contributed by atoms with Crippen LogP contribution < -0.4 is 4.74 Å². The molecule has 0 radical (unpaired) electrons. The third-order valence-electron chi connectivity index (χ3n) is 4.52. The summed E-state index contributed by atoms with van der Waals surface area (Å²) in [7, 11) is 1.84. The van der Waals surface area contributed by atoms with E-state index in [0.717, 1.165) is 31.0 Å². The highest BCUT2D eigenvalue weighted by molar-refractivity contribution is 5.73. The lowest BCUT2D eigenvalue weighted by Gasteiger charge is -2.32. The standard InChI is InChI=1S/C19H25N3O3/c1-14-19(15(2)21(3)20-14)25-18(23)11-17-13-22(9-10-24-17)12-16-7-5-4-6-8-16/h4-8,17H,9-13H2,1-3H3/t17-/m0/s1. The van der Waals surface area contributed by atoms with Gasteiger partial charge in [-0.1, -0.05) is 30.3 Å². The highest BCUT2D eigenvalue weighted by Crippen LogP contribution is 2.22. The Bertz CT molecular complexity index is 727. The van der Waals surface area contributed by atoms with Gasteiger partial charge in [-0.25, -0.2) is 0 Å². The van der Waals surface area contributed by atoms with Crippen molar-refractivity contribution in [3.05, 3.63) is 47.3 Å².